The number of aryl methyl sites for hydroxylation is 2. The van der Waals surface area contributed by atoms with E-state index >= 15 is 0 Å². The molecule has 0 radical (unpaired) electrons. The number of aliphatic carboxylic acids is 1. The van der Waals surface area contributed by atoms with E-state index in [1.54, 1.807) is 30.3 Å². The van der Waals surface area contributed by atoms with Crippen molar-refractivity contribution in [3.8, 4) is 0 Å². The molecule has 1 N–H and O–H groups in total. The Morgan fingerprint density at radius 2 is 1.65 bits per heavy atom. The van der Waals surface area contributed by atoms with Gasteiger partial charge in [-0.3, -0.25) is 0 Å². The molecule has 3 rings (SSSR count). The summed E-state index contributed by atoms with van der Waals surface area (Å²) in [7, 11) is -3.81. The Labute approximate surface area is 153 Å². The summed E-state index contributed by atoms with van der Waals surface area (Å²) in [5, 5.41) is 9.46. The van der Waals surface area contributed by atoms with E-state index in [1.165, 1.54) is 4.31 Å². The zero-order chi connectivity index (χ0) is 18.7. The Morgan fingerprint density at radius 1 is 1.00 bits per heavy atom. The fourth-order valence-corrected chi connectivity index (χ4v) is 4.44. The van der Waals surface area contributed by atoms with Gasteiger partial charge in [0.1, 0.15) is 0 Å². The Balaban J connectivity index is 2.06. The Hall–Kier alpha value is -2.44. The topological polar surface area (TPSA) is 74.7 Å². The smallest absolute Gasteiger partial charge is 0.332 e. The number of nitrogens with zero attached hydrogens (tertiary/aromatic N) is 1. The van der Waals surface area contributed by atoms with Gasteiger partial charge in [0.2, 0.25) is 10.0 Å². The van der Waals surface area contributed by atoms with Crippen LogP contribution in [-0.2, 0) is 27.8 Å². The summed E-state index contributed by atoms with van der Waals surface area (Å²) in [4.78, 5) is 11.7. The lowest BCUT2D eigenvalue weighted by atomic mass is 10.0. The molecule has 0 amide bonds. The summed E-state index contributed by atoms with van der Waals surface area (Å²) in [6.07, 6.45) is 2.88. The van der Waals surface area contributed by atoms with Crippen LogP contribution in [0, 0.1) is 6.92 Å². The number of fused-ring (bicyclic) bond motifs is 1. The van der Waals surface area contributed by atoms with Crippen molar-refractivity contribution >= 4 is 16.0 Å². The second-order valence-electron chi connectivity index (χ2n) is 6.43. The van der Waals surface area contributed by atoms with Crippen molar-refractivity contribution in [1.29, 1.82) is 0 Å². The van der Waals surface area contributed by atoms with E-state index in [0.717, 1.165) is 16.7 Å². The molecular formula is C20H21NO4S. The zero-order valence-corrected chi connectivity index (χ0v) is 15.4. The Bertz CT molecular complexity index is 946. The van der Waals surface area contributed by atoms with Crippen molar-refractivity contribution in [3.63, 3.8) is 0 Å². The first kappa shape index (κ1) is 18.4. The fraction of sp³-hybridized carbons (Fsp3) is 0.250. The van der Waals surface area contributed by atoms with Crippen LogP contribution in [0.25, 0.3) is 0 Å². The zero-order valence-electron chi connectivity index (χ0n) is 14.6. The van der Waals surface area contributed by atoms with Gasteiger partial charge in [-0.25, -0.2) is 13.2 Å². The summed E-state index contributed by atoms with van der Waals surface area (Å²) >= 11 is 0. The summed E-state index contributed by atoms with van der Waals surface area (Å²) in [5.74, 6) is -1.08. The van der Waals surface area contributed by atoms with Crippen LogP contribution in [0.3, 0.4) is 0 Å². The van der Waals surface area contributed by atoms with Crippen LogP contribution in [0.4, 0.5) is 0 Å². The van der Waals surface area contributed by atoms with E-state index in [-0.39, 0.29) is 23.6 Å². The molecule has 5 nitrogen and oxygen atoms in total. The highest BCUT2D eigenvalue weighted by Gasteiger charge is 2.28. The fourth-order valence-electron chi connectivity index (χ4n) is 3.04. The predicted molar refractivity (Wildman–Crippen MR) is 99.3 cm³/mol. The number of hydrogen-bond acceptors (Lipinski definition) is 3. The third-order valence-electron chi connectivity index (χ3n) is 4.55. The number of benzene rings is 2. The first-order valence-electron chi connectivity index (χ1n) is 8.44. The molecule has 0 saturated heterocycles. The average molecular weight is 371 g/mol. The quantitative estimate of drug-likeness (QED) is 0.899. The molecule has 2 aromatic carbocycles. The van der Waals surface area contributed by atoms with Crippen LogP contribution in [0.15, 0.2) is 65.1 Å². The van der Waals surface area contributed by atoms with Crippen LogP contribution in [0.5, 0.6) is 0 Å². The molecular weight excluding hydrogens is 350 g/mol. The van der Waals surface area contributed by atoms with Crippen molar-refractivity contribution in [1.82, 2.24) is 4.31 Å². The monoisotopic (exact) mass is 371 g/mol. The number of hydrogen-bond donors (Lipinski definition) is 1. The first-order valence-corrected chi connectivity index (χ1v) is 9.88. The van der Waals surface area contributed by atoms with Gasteiger partial charge in [-0.1, -0.05) is 48.0 Å². The standard InChI is InChI=1S/C20H21NO4S/c1-15-9-11-19(12-10-15)26(24,25)21-13-17-6-3-2-5-16(17)7-4-8-18(14-21)20(22)23/h2-3,5-6,8-12H,4,7,13-14H2,1H3,(H,22,23)/b18-8+. The van der Waals surface area contributed by atoms with E-state index < -0.39 is 16.0 Å². The minimum absolute atomic E-state index is 0.105. The maximum atomic E-state index is 13.2. The molecule has 1 aliphatic rings. The van der Waals surface area contributed by atoms with E-state index in [0.29, 0.717) is 12.8 Å². The highest BCUT2D eigenvalue weighted by atomic mass is 32.2. The summed E-state index contributed by atoms with van der Waals surface area (Å²) < 4.78 is 27.6. The maximum Gasteiger partial charge on any atom is 0.332 e. The lowest BCUT2D eigenvalue weighted by Crippen LogP contribution is -2.34. The van der Waals surface area contributed by atoms with Gasteiger partial charge in [0, 0.05) is 18.7 Å². The van der Waals surface area contributed by atoms with Gasteiger partial charge in [-0.05, 0) is 43.0 Å². The molecule has 0 saturated carbocycles. The molecule has 6 heteroatoms. The predicted octanol–water partition coefficient (Wildman–Crippen LogP) is 3.14. The van der Waals surface area contributed by atoms with Crippen molar-refractivity contribution in [2.24, 2.45) is 0 Å². The van der Waals surface area contributed by atoms with Crippen molar-refractivity contribution in [2.45, 2.75) is 31.2 Å². The lowest BCUT2D eigenvalue weighted by molar-refractivity contribution is -0.132. The number of carboxylic acid groups (broad SMARTS) is 1. The van der Waals surface area contributed by atoms with Crippen LogP contribution in [-0.4, -0.2) is 30.3 Å². The van der Waals surface area contributed by atoms with Crippen molar-refractivity contribution in [2.75, 3.05) is 6.54 Å². The van der Waals surface area contributed by atoms with E-state index in [4.69, 9.17) is 0 Å². The Morgan fingerprint density at radius 3 is 2.31 bits per heavy atom. The molecule has 136 valence electrons. The van der Waals surface area contributed by atoms with Crippen LogP contribution in [0.1, 0.15) is 23.1 Å². The normalized spacial score (nSPS) is 18.0. The van der Waals surface area contributed by atoms with Crippen molar-refractivity contribution < 1.29 is 18.3 Å². The number of carbonyl (C=O) groups is 1. The van der Waals surface area contributed by atoms with E-state index in [1.807, 2.05) is 31.2 Å². The van der Waals surface area contributed by atoms with E-state index in [2.05, 4.69) is 0 Å². The Kier molecular flexibility index (Phi) is 5.25. The molecule has 0 spiro atoms. The molecule has 1 heterocycles. The molecule has 0 unspecified atom stereocenters. The van der Waals surface area contributed by atoms with E-state index in [9.17, 15) is 18.3 Å². The number of allylic oxidation sites excluding steroid dienone is 1. The second-order valence-corrected chi connectivity index (χ2v) is 8.37. The van der Waals surface area contributed by atoms with Gasteiger partial charge in [0.15, 0.2) is 0 Å². The number of sulfonamides is 1. The van der Waals surface area contributed by atoms with Gasteiger partial charge < -0.3 is 5.11 Å². The first-order chi connectivity index (χ1) is 12.4. The highest BCUT2D eigenvalue weighted by molar-refractivity contribution is 7.89. The number of rotatable bonds is 3. The van der Waals surface area contributed by atoms with Crippen molar-refractivity contribution in [3.05, 3.63) is 76.9 Å². The number of carboxylic acids is 1. The van der Waals surface area contributed by atoms with Crippen LogP contribution < -0.4 is 0 Å². The molecule has 2 aromatic rings. The maximum absolute atomic E-state index is 13.2. The molecule has 0 bridgehead atoms. The lowest BCUT2D eigenvalue weighted by Gasteiger charge is -2.23. The summed E-state index contributed by atoms with van der Waals surface area (Å²) in [5.41, 5.74) is 3.01. The third kappa shape index (κ3) is 3.86. The molecule has 26 heavy (non-hydrogen) atoms. The molecule has 1 aliphatic heterocycles. The summed E-state index contributed by atoms with van der Waals surface area (Å²) in [6.45, 7) is 1.88. The van der Waals surface area contributed by atoms with Crippen LogP contribution in [0.2, 0.25) is 0 Å². The van der Waals surface area contributed by atoms with Gasteiger partial charge in [-0.2, -0.15) is 4.31 Å². The molecule has 0 aliphatic carbocycles. The average Bonchev–Trinajstić information content (AvgIpc) is 2.70. The minimum Gasteiger partial charge on any atom is -0.478 e. The summed E-state index contributed by atoms with van der Waals surface area (Å²) in [6, 6.07) is 14.3. The molecule has 0 fully saturated rings. The minimum atomic E-state index is -3.81. The van der Waals surface area contributed by atoms with Gasteiger partial charge in [0.25, 0.3) is 0 Å². The van der Waals surface area contributed by atoms with Gasteiger partial charge in [0.05, 0.1) is 4.90 Å². The SMILES string of the molecule is Cc1ccc(S(=O)(=O)N2C/C(C(=O)O)=C\CCc3ccccc3C2)cc1. The highest BCUT2D eigenvalue weighted by Crippen LogP contribution is 2.24. The molecule has 0 atom stereocenters. The molecule has 0 aromatic heterocycles. The van der Waals surface area contributed by atoms with Gasteiger partial charge in [-0.15, -0.1) is 0 Å². The van der Waals surface area contributed by atoms with Gasteiger partial charge >= 0.3 is 5.97 Å². The second kappa shape index (κ2) is 7.43. The van der Waals surface area contributed by atoms with Crippen LogP contribution >= 0.6 is 0 Å². The largest absolute Gasteiger partial charge is 0.478 e. The third-order valence-corrected chi connectivity index (χ3v) is 6.36.